The molecule has 4 nitrogen and oxygen atoms in total. The van der Waals surface area contributed by atoms with Crippen molar-refractivity contribution in [3.05, 3.63) is 29.3 Å². The lowest BCUT2D eigenvalue weighted by molar-refractivity contribution is -0.137. The first-order valence-electron chi connectivity index (χ1n) is 6.48. The molecule has 114 valence electrons. The summed E-state index contributed by atoms with van der Waals surface area (Å²) in [5, 5.41) is 18.1. The molecule has 0 fully saturated rings. The average molecular weight is 298 g/mol. The van der Waals surface area contributed by atoms with Gasteiger partial charge in [0.2, 0.25) is 0 Å². The molecule has 0 N–H and O–H groups in total. The van der Waals surface area contributed by atoms with Gasteiger partial charge in [-0.25, -0.2) is 0 Å². The SMILES string of the molecule is CC(C)N(N=Nc1c(C#N)cccc1C(F)(F)F)C(C)C. The zero-order chi connectivity index (χ0) is 16.2. The van der Waals surface area contributed by atoms with Gasteiger partial charge in [0, 0.05) is 12.1 Å². The van der Waals surface area contributed by atoms with Crippen LogP contribution < -0.4 is 0 Å². The van der Waals surface area contributed by atoms with Gasteiger partial charge >= 0.3 is 6.18 Å². The van der Waals surface area contributed by atoms with Crippen molar-refractivity contribution in [1.29, 1.82) is 5.26 Å². The number of rotatable bonds is 4. The van der Waals surface area contributed by atoms with Crippen LogP contribution in [-0.4, -0.2) is 17.1 Å². The first kappa shape index (κ1) is 17.0. The monoisotopic (exact) mass is 298 g/mol. The molecular weight excluding hydrogens is 281 g/mol. The van der Waals surface area contributed by atoms with Crippen LogP contribution in [0.2, 0.25) is 0 Å². The van der Waals surface area contributed by atoms with Gasteiger partial charge in [0.1, 0.15) is 11.8 Å². The molecule has 0 atom stereocenters. The Kier molecular flexibility index (Phi) is 5.30. The van der Waals surface area contributed by atoms with Crippen LogP contribution in [-0.2, 0) is 6.18 Å². The molecule has 0 aromatic heterocycles. The summed E-state index contributed by atoms with van der Waals surface area (Å²) < 4.78 is 38.9. The van der Waals surface area contributed by atoms with Gasteiger partial charge in [-0.1, -0.05) is 11.3 Å². The van der Waals surface area contributed by atoms with Gasteiger partial charge < -0.3 is 0 Å². The van der Waals surface area contributed by atoms with Crippen molar-refractivity contribution in [3.63, 3.8) is 0 Å². The Morgan fingerprint density at radius 2 is 1.71 bits per heavy atom. The Balaban J connectivity index is 3.33. The molecule has 0 aliphatic carbocycles. The number of benzene rings is 1. The molecular formula is C14H17F3N4. The van der Waals surface area contributed by atoms with Gasteiger partial charge in [0.25, 0.3) is 0 Å². The van der Waals surface area contributed by atoms with E-state index in [1.54, 1.807) is 11.1 Å². The van der Waals surface area contributed by atoms with E-state index in [1.165, 1.54) is 12.1 Å². The lowest BCUT2D eigenvalue weighted by Gasteiger charge is -2.25. The Bertz CT molecular complexity index is 548. The molecule has 0 spiro atoms. The largest absolute Gasteiger partial charge is 0.418 e. The summed E-state index contributed by atoms with van der Waals surface area (Å²) >= 11 is 0. The van der Waals surface area contributed by atoms with Crippen LogP contribution in [0.15, 0.2) is 28.5 Å². The third-order valence-electron chi connectivity index (χ3n) is 2.77. The maximum absolute atomic E-state index is 13.0. The third kappa shape index (κ3) is 4.18. The number of nitriles is 1. The average Bonchev–Trinajstić information content (AvgIpc) is 2.36. The van der Waals surface area contributed by atoms with Gasteiger partial charge in [-0.15, -0.1) is 5.11 Å². The van der Waals surface area contributed by atoms with Crippen molar-refractivity contribution >= 4 is 5.69 Å². The van der Waals surface area contributed by atoms with Gasteiger partial charge in [-0.2, -0.15) is 18.4 Å². The smallest absolute Gasteiger partial charge is 0.273 e. The first-order chi connectivity index (χ1) is 9.68. The van der Waals surface area contributed by atoms with E-state index in [2.05, 4.69) is 10.3 Å². The minimum Gasteiger partial charge on any atom is -0.273 e. The van der Waals surface area contributed by atoms with E-state index in [0.29, 0.717) is 0 Å². The zero-order valence-electron chi connectivity index (χ0n) is 12.3. The second kappa shape index (κ2) is 6.57. The highest BCUT2D eigenvalue weighted by Crippen LogP contribution is 2.38. The summed E-state index contributed by atoms with van der Waals surface area (Å²) in [5.74, 6) is 0. The van der Waals surface area contributed by atoms with Crippen LogP contribution >= 0.6 is 0 Å². The Morgan fingerprint density at radius 1 is 1.14 bits per heavy atom. The van der Waals surface area contributed by atoms with Crippen molar-refractivity contribution in [2.45, 2.75) is 46.0 Å². The summed E-state index contributed by atoms with van der Waals surface area (Å²) in [7, 11) is 0. The summed E-state index contributed by atoms with van der Waals surface area (Å²) in [6.45, 7) is 7.44. The van der Waals surface area contributed by atoms with Gasteiger partial charge in [-0.05, 0) is 39.8 Å². The normalized spacial score (nSPS) is 12.2. The first-order valence-corrected chi connectivity index (χ1v) is 6.48. The minimum absolute atomic E-state index is 0.0164. The predicted octanol–water partition coefficient (Wildman–Crippen LogP) is 4.69. The number of nitrogens with zero attached hydrogens (tertiary/aromatic N) is 4. The maximum atomic E-state index is 13.0. The van der Waals surface area contributed by atoms with Crippen molar-refractivity contribution < 1.29 is 13.2 Å². The molecule has 21 heavy (non-hydrogen) atoms. The molecule has 0 aliphatic heterocycles. The van der Waals surface area contributed by atoms with Gasteiger partial charge in [0.05, 0.1) is 11.1 Å². The van der Waals surface area contributed by atoms with Gasteiger partial charge in [0.15, 0.2) is 0 Å². The quantitative estimate of drug-likeness (QED) is 0.598. The number of alkyl halides is 3. The fourth-order valence-corrected chi connectivity index (χ4v) is 1.87. The van der Waals surface area contributed by atoms with Crippen LogP contribution in [0.1, 0.15) is 38.8 Å². The second-order valence-electron chi connectivity index (χ2n) is 5.07. The number of halogens is 3. The minimum atomic E-state index is -4.58. The topological polar surface area (TPSA) is 51.8 Å². The summed E-state index contributed by atoms with van der Waals surface area (Å²) in [6.07, 6.45) is -4.58. The van der Waals surface area contributed by atoms with E-state index >= 15 is 0 Å². The van der Waals surface area contributed by atoms with Gasteiger partial charge in [-0.3, -0.25) is 5.01 Å². The molecule has 1 aromatic rings. The third-order valence-corrected chi connectivity index (χ3v) is 2.77. The summed E-state index contributed by atoms with van der Waals surface area (Å²) in [4.78, 5) is 0. The van der Waals surface area contributed by atoms with Crippen LogP contribution in [0.4, 0.5) is 18.9 Å². The molecule has 1 aromatic carbocycles. The molecule has 7 heteroatoms. The highest BCUT2D eigenvalue weighted by atomic mass is 19.4. The lowest BCUT2D eigenvalue weighted by Crippen LogP contribution is -2.31. The fraction of sp³-hybridized carbons (Fsp3) is 0.500. The highest BCUT2D eigenvalue weighted by molar-refractivity contribution is 5.59. The van der Waals surface area contributed by atoms with E-state index in [0.717, 1.165) is 6.07 Å². The second-order valence-corrected chi connectivity index (χ2v) is 5.07. The molecule has 0 saturated carbocycles. The Labute approximate surface area is 121 Å². The lowest BCUT2D eigenvalue weighted by atomic mass is 10.1. The van der Waals surface area contributed by atoms with Crippen LogP contribution in [0.25, 0.3) is 0 Å². The van der Waals surface area contributed by atoms with E-state index in [9.17, 15) is 13.2 Å². The van der Waals surface area contributed by atoms with Crippen molar-refractivity contribution in [2.24, 2.45) is 10.3 Å². The summed E-state index contributed by atoms with van der Waals surface area (Å²) in [5.41, 5.74) is -1.56. The number of hydrogen-bond acceptors (Lipinski definition) is 3. The van der Waals surface area contributed by atoms with Crippen molar-refractivity contribution in [2.75, 3.05) is 0 Å². The Hall–Kier alpha value is -2.10. The predicted molar refractivity (Wildman–Crippen MR) is 72.8 cm³/mol. The van der Waals surface area contributed by atoms with Crippen molar-refractivity contribution in [1.82, 2.24) is 5.01 Å². The zero-order valence-corrected chi connectivity index (χ0v) is 12.3. The highest BCUT2D eigenvalue weighted by Gasteiger charge is 2.34. The molecule has 0 aliphatic rings. The van der Waals surface area contributed by atoms with E-state index in [-0.39, 0.29) is 17.6 Å². The molecule has 0 unspecified atom stereocenters. The summed E-state index contributed by atoms with van der Waals surface area (Å²) in [6, 6.07) is 5.05. The standard InChI is InChI=1S/C14H17F3N4/c1-9(2)21(10(3)4)20-19-13-11(8-18)6-5-7-12(13)14(15,16)17/h5-7,9-10H,1-4H3. The maximum Gasteiger partial charge on any atom is 0.418 e. The van der Waals surface area contributed by atoms with Crippen LogP contribution in [0.3, 0.4) is 0 Å². The molecule has 0 bridgehead atoms. The van der Waals surface area contributed by atoms with E-state index < -0.39 is 17.4 Å². The molecule has 0 saturated heterocycles. The molecule has 1 rings (SSSR count). The number of hydrogen-bond donors (Lipinski definition) is 0. The Morgan fingerprint density at radius 3 is 2.14 bits per heavy atom. The van der Waals surface area contributed by atoms with Crippen molar-refractivity contribution in [3.8, 4) is 6.07 Å². The molecule has 0 heterocycles. The molecule has 0 amide bonds. The van der Waals surface area contributed by atoms with E-state index in [1.807, 2.05) is 27.7 Å². The molecule has 0 radical (unpaired) electrons. The van der Waals surface area contributed by atoms with Crippen LogP contribution in [0, 0.1) is 11.3 Å². The fourth-order valence-electron chi connectivity index (χ4n) is 1.87. The van der Waals surface area contributed by atoms with Crippen LogP contribution in [0.5, 0.6) is 0 Å². The van der Waals surface area contributed by atoms with E-state index in [4.69, 9.17) is 5.26 Å².